The SMILES string of the molecule is O=S(=O)(O)c1cc2c(s1)-c1c(c(C(O)CCCCCC(O)c3nn(-c4ccc(Cl)cc4Cl)c4c3CCc3ccsc3-4)nn1-c1ccc(Cl)cc1Cl)CC2. The van der Waals surface area contributed by atoms with E-state index in [0.29, 0.717) is 91.9 Å². The molecule has 276 valence electrons. The predicted molar refractivity (Wildman–Crippen MR) is 211 cm³/mol. The average molecular weight is 851 g/mol. The largest absolute Gasteiger partial charge is 0.387 e. The lowest BCUT2D eigenvalue weighted by Gasteiger charge is -2.17. The minimum atomic E-state index is -4.41. The molecule has 0 fully saturated rings. The molecule has 0 aliphatic heterocycles. The Balaban J connectivity index is 0.995. The Kier molecular flexibility index (Phi) is 10.3. The van der Waals surface area contributed by atoms with Crippen molar-refractivity contribution in [3.8, 4) is 32.5 Å². The van der Waals surface area contributed by atoms with E-state index in [2.05, 4.69) is 11.4 Å². The molecule has 0 amide bonds. The number of thiophene rings is 2. The standard InChI is InChI=1S/C37H32Cl4N4O5S3/c38-21-8-12-27(25(40)17-21)44-34-23(10-6-19-14-15-51-36(19)34)32(42-44)29(46)4-2-1-3-5-30(47)33-24-11-7-20-16-31(53(48,49)50)52-37(20)35(24)45(43-33)28-13-9-22(39)18-26(28)41/h8-9,12-18,29-30,46-47H,1-7,10-11H2,(H,48,49,50). The van der Waals surface area contributed by atoms with Gasteiger partial charge in [-0.25, -0.2) is 9.36 Å². The second kappa shape index (κ2) is 14.7. The quantitative estimate of drug-likeness (QED) is 0.0874. The molecule has 16 heteroatoms. The minimum Gasteiger partial charge on any atom is -0.387 e. The lowest BCUT2D eigenvalue weighted by atomic mass is 9.92. The Labute approximate surface area is 334 Å². The molecular formula is C37H32Cl4N4O5S3. The molecule has 8 rings (SSSR count). The molecule has 0 saturated carbocycles. The van der Waals surface area contributed by atoms with Gasteiger partial charge in [0.2, 0.25) is 0 Å². The molecule has 9 nitrogen and oxygen atoms in total. The number of aliphatic hydroxyl groups is 2. The fraction of sp³-hybridized carbons (Fsp3) is 0.297. The molecule has 2 atom stereocenters. The number of rotatable bonds is 11. The van der Waals surface area contributed by atoms with Gasteiger partial charge >= 0.3 is 10.1 Å². The zero-order valence-electron chi connectivity index (χ0n) is 27.9. The molecule has 3 N–H and O–H groups in total. The van der Waals surface area contributed by atoms with Crippen LogP contribution in [0.5, 0.6) is 0 Å². The summed E-state index contributed by atoms with van der Waals surface area (Å²) < 4.78 is 37.2. The van der Waals surface area contributed by atoms with Gasteiger partial charge in [-0.1, -0.05) is 65.7 Å². The number of nitrogens with zero attached hydrogens (tertiary/aromatic N) is 4. The number of aromatic nitrogens is 4. The highest BCUT2D eigenvalue weighted by Crippen LogP contribution is 2.46. The number of hydrogen-bond donors (Lipinski definition) is 3. The van der Waals surface area contributed by atoms with Crippen molar-refractivity contribution in [1.29, 1.82) is 0 Å². The maximum Gasteiger partial charge on any atom is 0.304 e. The number of halogens is 4. The van der Waals surface area contributed by atoms with Gasteiger partial charge in [-0.15, -0.1) is 22.7 Å². The minimum absolute atomic E-state index is 0.146. The van der Waals surface area contributed by atoms with Crippen molar-refractivity contribution in [2.75, 3.05) is 0 Å². The van der Waals surface area contributed by atoms with Crippen LogP contribution in [-0.4, -0.2) is 42.7 Å². The van der Waals surface area contributed by atoms with E-state index in [1.807, 2.05) is 10.7 Å². The van der Waals surface area contributed by atoms with Crippen molar-refractivity contribution in [2.45, 2.75) is 74.2 Å². The summed E-state index contributed by atoms with van der Waals surface area (Å²) in [7, 11) is -4.41. The highest BCUT2D eigenvalue weighted by molar-refractivity contribution is 7.88. The highest BCUT2D eigenvalue weighted by atomic mass is 35.5. The molecule has 4 aromatic heterocycles. The van der Waals surface area contributed by atoms with Crippen LogP contribution < -0.4 is 0 Å². The topological polar surface area (TPSA) is 130 Å². The summed E-state index contributed by atoms with van der Waals surface area (Å²) in [6.45, 7) is 0. The molecule has 53 heavy (non-hydrogen) atoms. The number of benzene rings is 2. The molecule has 2 aliphatic rings. The summed E-state index contributed by atoms with van der Waals surface area (Å²) >= 11 is 28.3. The van der Waals surface area contributed by atoms with Crippen molar-refractivity contribution in [3.63, 3.8) is 0 Å². The number of aryl methyl sites for hydroxylation is 2. The molecule has 0 saturated heterocycles. The zero-order valence-corrected chi connectivity index (χ0v) is 33.4. The van der Waals surface area contributed by atoms with Crippen LogP contribution in [0.15, 0.2) is 58.1 Å². The van der Waals surface area contributed by atoms with Gasteiger partial charge in [0.25, 0.3) is 0 Å². The molecule has 0 bridgehead atoms. The second-order valence-corrected chi connectivity index (χ2v) is 18.6. The first kappa shape index (κ1) is 37.2. The first-order valence-electron chi connectivity index (χ1n) is 17.1. The van der Waals surface area contributed by atoms with E-state index in [0.717, 1.165) is 57.9 Å². The molecule has 2 aromatic carbocycles. The summed E-state index contributed by atoms with van der Waals surface area (Å²) in [5.41, 5.74) is 7.90. The van der Waals surface area contributed by atoms with Crippen molar-refractivity contribution in [3.05, 3.63) is 108 Å². The van der Waals surface area contributed by atoms with Crippen molar-refractivity contribution >= 4 is 79.2 Å². The van der Waals surface area contributed by atoms with Gasteiger partial charge in [0.05, 0.1) is 66.2 Å². The Morgan fingerprint density at radius 3 is 1.75 bits per heavy atom. The number of hydrogen-bond acceptors (Lipinski definition) is 8. The van der Waals surface area contributed by atoms with Gasteiger partial charge < -0.3 is 10.2 Å². The Bertz CT molecular complexity index is 2490. The van der Waals surface area contributed by atoms with Gasteiger partial charge in [0, 0.05) is 21.2 Å². The average Bonchev–Trinajstić information content (AvgIpc) is 3.91. The van der Waals surface area contributed by atoms with Crippen LogP contribution in [0.2, 0.25) is 20.1 Å². The van der Waals surface area contributed by atoms with Gasteiger partial charge in [0.15, 0.2) is 0 Å². The fourth-order valence-corrected chi connectivity index (χ4v) is 11.3. The van der Waals surface area contributed by atoms with E-state index in [1.54, 1.807) is 46.4 Å². The Hall–Kier alpha value is -2.75. The van der Waals surface area contributed by atoms with E-state index in [4.69, 9.17) is 56.6 Å². The van der Waals surface area contributed by atoms with Gasteiger partial charge in [-0.3, -0.25) is 4.55 Å². The number of fused-ring (bicyclic) bond motifs is 6. The van der Waals surface area contributed by atoms with Gasteiger partial charge in [-0.05, 0) is 104 Å². The lowest BCUT2D eigenvalue weighted by Crippen LogP contribution is -2.07. The van der Waals surface area contributed by atoms with Crippen molar-refractivity contribution < 1.29 is 23.2 Å². The molecular weight excluding hydrogens is 818 g/mol. The summed E-state index contributed by atoms with van der Waals surface area (Å²) in [6, 6.07) is 14.0. The highest BCUT2D eigenvalue weighted by Gasteiger charge is 2.33. The van der Waals surface area contributed by atoms with Crippen LogP contribution in [0, 0.1) is 0 Å². The molecule has 2 unspecified atom stereocenters. The van der Waals surface area contributed by atoms with E-state index in [-0.39, 0.29) is 4.21 Å². The molecule has 2 aliphatic carbocycles. The second-order valence-electron chi connectivity index (χ2n) is 13.3. The van der Waals surface area contributed by atoms with E-state index in [9.17, 15) is 23.2 Å². The first-order chi connectivity index (χ1) is 25.4. The molecule has 6 aromatic rings. The van der Waals surface area contributed by atoms with Crippen LogP contribution in [0.1, 0.15) is 78.0 Å². The van der Waals surface area contributed by atoms with Crippen LogP contribution in [0.4, 0.5) is 0 Å². The predicted octanol–water partition coefficient (Wildman–Crippen LogP) is 10.3. The third-order valence-electron chi connectivity index (χ3n) is 9.90. The maximum atomic E-state index is 12.0. The third-order valence-corrected chi connectivity index (χ3v) is 14.4. The molecule has 0 spiro atoms. The zero-order chi connectivity index (χ0) is 37.2. The summed E-state index contributed by atoms with van der Waals surface area (Å²) in [5, 5.41) is 36.7. The van der Waals surface area contributed by atoms with E-state index < -0.39 is 22.3 Å². The molecule has 4 heterocycles. The first-order valence-corrected chi connectivity index (χ1v) is 21.7. The lowest BCUT2D eigenvalue weighted by molar-refractivity contribution is 0.148. The van der Waals surface area contributed by atoms with E-state index >= 15 is 0 Å². The normalized spacial score (nSPS) is 14.8. The van der Waals surface area contributed by atoms with Crippen LogP contribution in [0.3, 0.4) is 0 Å². The fourth-order valence-electron chi connectivity index (χ4n) is 7.39. The smallest absolute Gasteiger partial charge is 0.304 e. The van der Waals surface area contributed by atoms with Gasteiger partial charge in [-0.2, -0.15) is 18.6 Å². The monoisotopic (exact) mass is 848 g/mol. The number of aliphatic hydroxyl groups excluding tert-OH is 2. The maximum absolute atomic E-state index is 12.0. The van der Waals surface area contributed by atoms with E-state index in [1.165, 1.54) is 11.6 Å². The summed E-state index contributed by atoms with van der Waals surface area (Å²) in [6.07, 6.45) is 4.12. The van der Waals surface area contributed by atoms with Crippen LogP contribution in [0.25, 0.3) is 32.5 Å². The van der Waals surface area contributed by atoms with Crippen molar-refractivity contribution in [1.82, 2.24) is 19.6 Å². The summed E-state index contributed by atoms with van der Waals surface area (Å²) in [5.74, 6) is 0. The van der Waals surface area contributed by atoms with Crippen LogP contribution >= 0.6 is 69.1 Å². The third kappa shape index (κ3) is 7.01. The van der Waals surface area contributed by atoms with Gasteiger partial charge in [0.1, 0.15) is 4.21 Å². The van der Waals surface area contributed by atoms with Crippen molar-refractivity contribution in [2.24, 2.45) is 0 Å². The number of unbranched alkanes of at least 4 members (excludes halogenated alkanes) is 2. The molecule has 0 radical (unpaired) electrons. The van der Waals surface area contributed by atoms with Crippen LogP contribution in [-0.2, 0) is 35.8 Å². The summed E-state index contributed by atoms with van der Waals surface area (Å²) in [4.78, 5) is 1.79. The Morgan fingerprint density at radius 1 is 0.698 bits per heavy atom. The Morgan fingerprint density at radius 2 is 1.23 bits per heavy atom.